The maximum Gasteiger partial charge on any atom is 0.129 e. The molecule has 23 heavy (non-hydrogen) atoms. The van der Waals surface area contributed by atoms with Crippen LogP contribution < -0.4 is 0 Å². The Labute approximate surface area is 136 Å². The summed E-state index contributed by atoms with van der Waals surface area (Å²) in [5, 5.41) is 1.07. The smallest absolute Gasteiger partial charge is 0.129 e. The van der Waals surface area contributed by atoms with Crippen LogP contribution in [0.25, 0.3) is 27.7 Å². The molecule has 1 heterocycles. The van der Waals surface area contributed by atoms with Gasteiger partial charge in [-0.3, -0.25) is 0 Å². The van der Waals surface area contributed by atoms with Crippen molar-refractivity contribution in [3.05, 3.63) is 59.7 Å². The van der Waals surface area contributed by atoms with Gasteiger partial charge in [-0.1, -0.05) is 68.8 Å². The van der Waals surface area contributed by atoms with Gasteiger partial charge in [-0.25, -0.2) is 4.79 Å². The third-order valence-corrected chi connectivity index (χ3v) is 4.15. The number of carbonyl (C=O) groups excluding carboxylic acids is 1. The van der Waals surface area contributed by atoms with E-state index in [0.717, 1.165) is 27.7 Å². The summed E-state index contributed by atoms with van der Waals surface area (Å²) >= 11 is 0. The number of hydrogen-bond donors (Lipinski definition) is 1. The summed E-state index contributed by atoms with van der Waals surface area (Å²) in [6, 6.07) is 16.5. The Kier molecular flexibility index (Phi) is 3.71. The number of benzene rings is 2. The van der Waals surface area contributed by atoms with E-state index in [1.807, 2.05) is 39.0 Å². The van der Waals surface area contributed by atoms with Crippen molar-refractivity contribution in [2.45, 2.75) is 27.7 Å². The van der Waals surface area contributed by atoms with Crippen molar-refractivity contribution in [2.24, 2.45) is 5.41 Å². The van der Waals surface area contributed by atoms with Crippen LogP contribution in [0.4, 0.5) is 0 Å². The zero-order valence-electron chi connectivity index (χ0n) is 14.0. The van der Waals surface area contributed by atoms with Gasteiger partial charge < -0.3 is 4.98 Å². The molecule has 3 rings (SSSR count). The zero-order valence-corrected chi connectivity index (χ0v) is 14.0. The number of rotatable bonds is 2. The molecule has 0 spiro atoms. The fraction of sp³-hybridized carbons (Fsp3) is 0.238. The lowest BCUT2D eigenvalue weighted by atomic mass is 9.81. The summed E-state index contributed by atoms with van der Waals surface area (Å²) in [5.74, 6) is 2.20. The number of nitrogens with one attached hydrogen (secondary N) is 1. The standard InChI is InChI=1S/C21H21NO/c1-14-9-11-15(12-10-14)20-19(17(13-23)21(2,3)4)16-7-5-6-8-18(16)22-20/h5-12,22H,1-4H3. The maximum atomic E-state index is 11.8. The lowest BCUT2D eigenvalue weighted by Crippen LogP contribution is -2.09. The number of para-hydroxylation sites is 1. The van der Waals surface area contributed by atoms with Gasteiger partial charge in [0.2, 0.25) is 0 Å². The Morgan fingerprint density at radius 2 is 1.65 bits per heavy atom. The summed E-state index contributed by atoms with van der Waals surface area (Å²) in [5.41, 5.74) is 5.71. The van der Waals surface area contributed by atoms with Crippen LogP contribution in [-0.4, -0.2) is 10.9 Å². The molecule has 0 saturated carbocycles. The van der Waals surface area contributed by atoms with E-state index >= 15 is 0 Å². The van der Waals surface area contributed by atoms with E-state index in [9.17, 15) is 4.79 Å². The van der Waals surface area contributed by atoms with Crippen LogP contribution in [0.1, 0.15) is 31.9 Å². The Hall–Kier alpha value is -2.57. The van der Waals surface area contributed by atoms with Crippen molar-refractivity contribution >= 4 is 22.4 Å². The minimum absolute atomic E-state index is 0.272. The van der Waals surface area contributed by atoms with Crippen LogP contribution in [0, 0.1) is 12.3 Å². The highest BCUT2D eigenvalue weighted by atomic mass is 16.1. The maximum absolute atomic E-state index is 11.8. The molecule has 0 aliphatic heterocycles. The Bertz CT molecular complexity index is 901. The fourth-order valence-electron chi connectivity index (χ4n) is 2.92. The molecule has 0 bridgehead atoms. The van der Waals surface area contributed by atoms with Crippen LogP contribution in [0.3, 0.4) is 0 Å². The first-order valence-corrected chi connectivity index (χ1v) is 7.85. The Morgan fingerprint density at radius 1 is 1.00 bits per heavy atom. The van der Waals surface area contributed by atoms with Crippen LogP contribution in [-0.2, 0) is 4.79 Å². The van der Waals surface area contributed by atoms with Gasteiger partial charge in [0.25, 0.3) is 0 Å². The quantitative estimate of drug-likeness (QED) is 0.631. The first-order valence-electron chi connectivity index (χ1n) is 7.85. The summed E-state index contributed by atoms with van der Waals surface area (Å²) in [4.78, 5) is 15.2. The van der Waals surface area contributed by atoms with Gasteiger partial charge >= 0.3 is 0 Å². The number of allylic oxidation sites excluding steroid dienone is 1. The van der Waals surface area contributed by atoms with Gasteiger partial charge in [-0.2, -0.15) is 0 Å². The number of aromatic amines is 1. The van der Waals surface area contributed by atoms with E-state index in [2.05, 4.69) is 48.2 Å². The zero-order chi connectivity index (χ0) is 16.6. The van der Waals surface area contributed by atoms with Gasteiger partial charge in [-0.15, -0.1) is 0 Å². The van der Waals surface area contributed by atoms with Crippen LogP contribution in [0.15, 0.2) is 48.5 Å². The first-order chi connectivity index (χ1) is 10.9. The molecule has 0 aliphatic rings. The Morgan fingerprint density at radius 3 is 2.26 bits per heavy atom. The molecule has 0 saturated heterocycles. The van der Waals surface area contributed by atoms with Crippen molar-refractivity contribution in [3.63, 3.8) is 0 Å². The number of H-pyrrole nitrogens is 1. The molecule has 2 aromatic carbocycles. The van der Waals surface area contributed by atoms with E-state index in [1.54, 1.807) is 0 Å². The minimum atomic E-state index is -0.272. The summed E-state index contributed by atoms with van der Waals surface area (Å²) < 4.78 is 0. The second kappa shape index (κ2) is 5.57. The topological polar surface area (TPSA) is 32.9 Å². The first kappa shape index (κ1) is 15.3. The second-order valence-corrected chi connectivity index (χ2v) is 7.01. The molecule has 3 aromatic rings. The average Bonchev–Trinajstić information content (AvgIpc) is 2.87. The lowest BCUT2D eigenvalue weighted by Gasteiger charge is -2.20. The minimum Gasteiger partial charge on any atom is -0.354 e. The van der Waals surface area contributed by atoms with Crippen LogP contribution in [0.2, 0.25) is 0 Å². The summed E-state index contributed by atoms with van der Waals surface area (Å²) in [6.07, 6.45) is 0. The molecular weight excluding hydrogens is 282 g/mol. The summed E-state index contributed by atoms with van der Waals surface area (Å²) in [7, 11) is 0. The molecular formula is C21H21NO. The molecule has 0 atom stereocenters. The number of fused-ring (bicyclic) bond motifs is 1. The van der Waals surface area contributed by atoms with E-state index in [-0.39, 0.29) is 5.41 Å². The molecule has 0 radical (unpaired) electrons. The van der Waals surface area contributed by atoms with Crippen molar-refractivity contribution < 1.29 is 4.79 Å². The van der Waals surface area contributed by atoms with E-state index < -0.39 is 0 Å². The normalized spacial score (nSPS) is 11.5. The largest absolute Gasteiger partial charge is 0.354 e. The highest BCUT2D eigenvalue weighted by molar-refractivity contribution is 6.06. The van der Waals surface area contributed by atoms with E-state index in [4.69, 9.17) is 0 Å². The predicted octanol–water partition coefficient (Wildman–Crippen LogP) is 5.40. The molecule has 116 valence electrons. The monoisotopic (exact) mass is 303 g/mol. The molecule has 1 aromatic heterocycles. The van der Waals surface area contributed by atoms with Crippen LogP contribution >= 0.6 is 0 Å². The third kappa shape index (κ3) is 2.74. The van der Waals surface area contributed by atoms with Crippen molar-refractivity contribution in [2.75, 3.05) is 0 Å². The predicted molar refractivity (Wildman–Crippen MR) is 97.0 cm³/mol. The number of aryl methyl sites for hydroxylation is 1. The average molecular weight is 303 g/mol. The molecule has 0 fully saturated rings. The molecule has 0 aliphatic carbocycles. The van der Waals surface area contributed by atoms with Crippen LogP contribution in [0.5, 0.6) is 0 Å². The highest BCUT2D eigenvalue weighted by Crippen LogP contribution is 2.41. The molecule has 2 nitrogen and oxygen atoms in total. The van der Waals surface area contributed by atoms with Gasteiger partial charge in [0, 0.05) is 16.5 Å². The number of aromatic nitrogens is 1. The van der Waals surface area contributed by atoms with Crippen molar-refractivity contribution in [1.29, 1.82) is 0 Å². The van der Waals surface area contributed by atoms with Crippen molar-refractivity contribution in [1.82, 2.24) is 4.98 Å². The summed E-state index contributed by atoms with van der Waals surface area (Å²) in [6.45, 7) is 8.22. The van der Waals surface area contributed by atoms with Gasteiger partial charge in [0.15, 0.2) is 0 Å². The number of hydrogen-bond acceptors (Lipinski definition) is 1. The van der Waals surface area contributed by atoms with Gasteiger partial charge in [-0.05, 0) is 24.0 Å². The Balaban J connectivity index is 2.36. The molecule has 0 amide bonds. The SMILES string of the molecule is Cc1ccc(-c2[nH]c3ccccc3c2C(=C=O)C(C)(C)C)cc1. The van der Waals surface area contributed by atoms with E-state index in [1.165, 1.54) is 5.56 Å². The van der Waals surface area contributed by atoms with Crippen molar-refractivity contribution in [3.8, 4) is 11.3 Å². The molecule has 1 N–H and O–H groups in total. The van der Waals surface area contributed by atoms with Gasteiger partial charge in [0.05, 0.1) is 11.3 Å². The highest BCUT2D eigenvalue weighted by Gasteiger charge is 2.26. The van der Waals surface area contributed by atoms with E-state index in [0.29, 0.717) is 5.57 Å². The third-order valence-electron chi connectivity index (χ3n) is 4.15. The lowest BCUT2D eigenvalue weighted by molar-refractivity contribution is 0.547. The van der Waals surface area contributed by atoms with Gasteiger partial charge in [0.1, 0.15) is 5.94 Å². The molecule has 2 heteroatoms. The molecule has 0 unspecified atom stereocenters. The fourth-order valence-corrected chi connectivity index (χ4v) is 2.92. The second-order valence-electron chi connectivity index (χ2n) is 7.01.